The van der Waals surface area contributed by atoms with E-state index in [-0.39, 0.29) is 6.03 Å². The normalized spacial score (nSPS) is 14.3. The molecule has 1 aliphatic rings. The molecule has 1 fully saturated rings. The molecule has 0 radical (unpaired) electrons. The molecule has 1 aromatic heterocycles. The third-order valence-electron chi connectivity index (χ3n) is 6.03. The molecule has 3 aromatic rings. The first-order chi connectivity index (χ1) is 15.6. The lowest BCUT2D eigenvalue weighted by Gasteiger charge is -2.36. The first kappa shape index (κ1) is 22.1. The zero-order valence-corrected chi connectivity index (χ0v) is 19.3. The first-order valence-electron chi connectivity index (χ1n) is 11.5. The Morgan fingerprint density at radius 3 is 2.75 bits per heavy atom. The molecule has 1 N–H and O–H groups in total. The van der Waals surface area contributed by atoms with Crippen molar-refractivity contribution in [3.63, 3.8) is 0 Å². The number of hydrogen-bond acceptors (Lipinski definition) is 3. The fraction of sp³-hybridized carbons (Fsp3) is 0.423. The minimum atomic E-state index is 0.0302. The molecule has 0 saturated carbocycles. The molecule has 0 aliphatic carbocycles. The van der Waals surface area contributed by atoms with E-state index in [0.717, 1.165) is 54.7 Å². The van der Waals surface area contributed by atoms with Gasteiger partial charge >= 0.3 is 6.03 Å². The van der Waals surface area contributed by atoms with E-state index < -0.39 is 0 Å². The molecule has 0 spiro atoms. The van der Waals surface area contributed by atoms with Crippen molar-refractivity contribution in [1.82, 2.24) is 9.88 Å². The van der Waals surface area contributed by atoms with Gasteiger partial charge in [-0.3, -0.25) is 4.90 Å². The Labute approximate surface area is 190 Å². The smallest absolute Gasteiger partial charge is 0.324 e. The van der Waals surface area contributed by atoms with Crippen LogP contribution in [0.3, 0.4) is 0 Å². The number of aromatic nitrogens is 1. The number of anilines is 1. The molecule has 0 bridgehead atoms. The predicted octanol–water partition coefficient (Wildman–Crippen LogP) is 5.89. The largest absolute Gasteiger partial charge is 0.493 e. The van der Waals surface area contributed by atoms with Gasteiger partial charge in [0.25, 0.3) is 0 Å². The fourth-order valence-electron chi connectivity index (χ4n) is 4.35. The van der Waals surface area contributed by atoms with E-state index in [2.05, 4.69) is 37.0 Å². The van der Waals surface area contributed by atoms with Crippen molar-refractivity contribution in [1.29, 1.82) is 0 Å². The molecule has 2 heterocycles. The van der Waals surface area contributed by atoms with Crippen LogP contribution in [0, 0.1) is 6.92 Å². The van der Waals surface area contributed by atoms with E-state index in [1.165, 1.54) is 5.39 Å². The Hall–Kier alpha value is -3.15. The number of carbonyl (C=O) groups is 1. The van der Waals surface area contributed by atoms with Crippen LogP contribution in [0.5, 0.6) is 11.5 Å². The van der Waals surface area contributed by atoms with Gasteiger partial charge in [0, 0.05) is 48.0 Å². The zero-order chi connectivity index (χ0) is 22.5. The summed E-state index contributed by atoms with van der Waals surface area (Å²) in [6.45, 7) is 6.93. The van der Waals surface area contributed by atoms with Crippen LogP contribution in [0.4, 0.5) is 10.5 Å². The summed E-state index contributed by atoms with van der Waals surface area (Å²) in [7, 11) is 1.64. The standard InChI is InChI=1S/C26H33N3O3/c1-4-5-6-15-32-25-17-21(11-12-24(25)31-3)29-14-8-13-28(26(29)30)18-20-9-7-10-23-22(20)16-19(2)27-23/h7,9-12,16-17,27H,4-6,8,13-15,18H2,1-3H3. The van der Waals surface area contributed by atoms with Crippen molar-refractivity contribution in [3.8, 4) is 11.5 Å². The number of aryl methyl sites for hydroxylation is 1. The maximum absolute atomic E-state index is 13.4. The maximum atomic E-state index is 13.4. The van der Waals surface area contributed by atoms with Gasteiger partial charge in [0.2, 0.25) is 0 Å². The summed E-state index contributed by atoms with van der Waals surface area (Å²) in [5.74, 6) is 1.39. The monoisotopic (exact) mass is 435 g/mol. The number of H-pyrrole nitrogens is 1. The molecule has 6 nitrogen and oxygen atoms in total. The number of urea groups is 1. The number of rotatable bonds is 9. The second kappa shape index (κ2) is 9.98. The number of unbranched alkanes of at least 4 members (excludes halogenated alkanes) is 2. The molecule has 0 unspecified atom stereocenters. The molecular weight excluding hydrogens is 402 g/mol. The topological polar surface area (TPSA) is 57.8 Å². The van der Waals surface area contributed by atoms with Crippen molar-refractivity contribution in [2.24, 2.45) is 0 Å². The van der Waals surface area contributed by atoms with Crippen LogP contribution in [0.15, 0.2) is 42.5 Å². The van der Waals surface area contributed by atoms with E-state index in [1.54, 1.807) is 7.11 Å². The van der Waals surface area contributed by atoms with Crippen LogP contribution in [0.1, 0.15) is 43.9 Å². The highest BCUT2D eigenvalue weighted by Gasteiger charge is 2.28. The summed E-state index contributed by atoms with van der Waals surface area (Å²) in [5.41, 5.74) is 4.25. The number of fused-ring (bicyclic) bond motifs is 1. The number of methoxy groups -OCH3 is 1. The predicted molar refractivity (Wildman–Crippen MR) is 129 cm³/mol. The van der Waals surface area contributed by atoms with Gasteiger partial charge < -0.3 is 19.4 Å². The van der Waals surface area contributed by atoms with Crippen molar-refractivity contribution in [2.45, 2.75) is 46.1 Å². The molecular formula is C26H33N3O3. The quantitative estimate of drug-likeness (QED) is 0.427. The number of benzene rings is 2. The Balaban J connectivity index is 1.52. The Morgan fingerprint density at radius 1 is 1.06 bits per heavy atom. The summed E-state index contributed by atoms with van der Waals surface area (Å²) >= 11 is 0. The summed E-state index contributed by atoms with van der Waals surface area (Å²) < 4.78 is 11.5. The van der Waals surface area contributed by atoms with Crippen molar-refractivity contribution >= 4 is 22.6 Å². The third kappa shape index (κ3) is 4.69. The molecule has 32 heavy (non-hydrogen) atoms. The summed E-state index contributed by atoms with van der Waals surface area (Å²) in [4.78, 5) is 20.6. The van der Waals surface area contributed by atoms with Gasteiger partial charge in [-0.2, -0.15) is 0 Å². The Kier molecular flexibility index (Phi) is 6.88. The highest BCUT2D eigenvalue weighted by atomic mass is 16.5. The van der Waals surface area contributed by atoms with Gasteiger partial charge in [-0.25, -0.2) is 4.79 Å². The molecule has 6 heteroatoms. The van der Waals surface area contributed by atoms with Crippen LogP contribution in [0.25, 0.3) is 10.9 Å². The summed E-state index contributed by atoms with van der Waals surface area (Å²) in [6.07, 6.45) is 4.21. The Morgan fingerprint density at radius 2 is 1.94 bits per heavy atom. The van der Waals surface area contributed by atoms with Crippen molar-refractivity contribution in [3.05, 3.63) is 53.7 Å². The van der Waals surface area contributed by atoms with E-state index >= 15 is 0 Å². The minimum Gasteiger partial charge on any atom is -0.493 e. The lowest BCUT2D eigenvalue weighted by atomic mass is 10.1. The summed E-state index contributed by atoms with van der Waals surface area (Å²) in [6, 6.07) is 14.2. The number of hydrogen-bond donors (Lipinski definition) is 1. The van der Waals surface area contributed by atoms with E-state index in [1.807, 2.05) is 34.1 Å². The Bertz CT molecular complexity index is 1080. The average molecular weight is 436 g/mol. The SMILES string of the molecule is CCCCCOc1cc(N2CCCN(Cc3cccc4[nH]c(C)cc34)C2=O)ccc1OC. The first-order valence-corrected chi connectivity index (χ1v) is 11.5. The maximum Gasteiger partial charge on any atom is 0.324 e. The number of carbonyl (C=O) groups excluding carboxylic acids is 1. The van der Waals surface area contributed by atoms with Crippen LogP contribution < -0.4 is 14.4 Å². The molecule has 1 saturated heterocycles. The molecule has 2 amide bonds. The van der Waals surface area contributed by atoms with Gasteiger partial charge in [-0.05, 0) is 49.6 Å². The highest BCUT2D eigenvalue weighted by molar-refractivity contribution is 5.93. The van der Waals surface area contributed by atoms with Crippen LogP contribution >= 0.6 is 0 Å². The van der Waals surface area contributed by atoms with Gasteiger partial charge in [0.15, 0.2) is 11.5 Å². The van der Waals surface area contributed by atoms with Crippen LogP contribution in [-0.2, 0) is 6.54 Å². The number of nitrogens with zero attached hydrogens (tertiary/aromatic N) is 2. The number of aromatic amines is 1. The highest BCUT2D eigenvalue weighted by Crippen LogP contribution is 2.33. The lowest BCUT2D eigenvalue weighted by molar-refractivity contribution is 0.192. The van der Waals surface area contributed by atoms with Gasteiger partial charge in [-0.1, -0.05) is 31.9 Å². The van der Waals surface area contributed by atoms with Gasteiger partial charge in [0.1, 0.15) is 0 Å². The zero-order valence-electron chi connectivity index (χ0n) is 19.3. The van der Waals surface area contributed by atoms with Gasteiger partial charge in [-0.15, -0.1) is 0 Å². The van der Waals surface area contributed by atoms with Crippen LogP contribution in [0.2, 0.25) is 0 Å². The average Bonchev–Trinajstić information content (AvgIpc) is 3.19. The van der Waals surface area contributed by atoms with E-state index in [4.69, 9.17) is 9.47 Å². The second-order valence-corrected chi connectivity index (χ2v) is 8.43. The third-order valence-corrected chi connectivity index (χ3v) is 6.03. The molecule has 0 atom stereocenters. The molecule has 170 valence electrons. The number of amides is 2. The molecule has 4 rings (SSSR count). The van der Waals surface area contributed by atoms with Gasteiger partial charge in [0.05, 0.1) is 13.7 Å². The number of nitrogens with one attached hydrogen (secondary N) is 1. The van der Waals surface area contributed by atoms with E-state index in [9.17, 15) is 4.79 Å². The van der Waals surface area contributed by atoms with Crippen molar-refractivity contribution in [2.75, 3.05) is 31.7 Å². The second-order valence-electron chi connectivity index (χ2n) is 8.43. The van der Waals surface area contributed by atoms with Crippen LogP contribution in [-0.4, -0.2) is 42.7 Å². The summed E-state index contributed by atoms with van der Waals surface area (Å²) in [5, 5.41) is 1.18. The minimum absolute atomic E-state index is 0.0302. The lowest BCUT2D eigenvalue weighted by Crippen LogP contribution is -2.49. The fourth-order valence-corrected chi connectivity index (χ4v) is 4.35. The molecule has 1 aliphatic heterocycles. The molecule has 2 aromatic carbocycles. The number of ether oxygens (including phenoxy) is 2. The van der Waals surface area contributed by atoms with Crippen molar-refractivity contribution < 1.29 is 14.3 Å². The van der Waals surface area contributed by atoms with E-state index in [0.29, 0.717) is 31.2 Å².